The molecule has 35 heavy (non-hydrogen) atoms. The lowest BCUT2D eigenvalue weighted by Crippen LogP contribution is -2.18. The van der Waals surface area contributed by atoms with E-state index in [0.29, 0.717) is 34.1 Å². The van der Waals surface area contributed by atoms with Crippen LogP contribution in [0.3, 0.4) is 0 Å². The average Bonchev–Trinajstić information content (AvgIpc) is 3.39. The van der Waals surface area contributed by atoms with E-state index in [1.54, 1.807) is 36.4 Å². The molecule has 1 aromatic heterocycles. The van der Waals surface area contributed by atoms with Crippen molar-refractivity contribution in [2.75, 3.05) is 28.4 Å². The van der Waals surface area contributed by atoms with Gasteiger partial charge in [0, 0.05) is 0 Å². The molecule has 3 aromatic rings. The third kappa shape index (κ3) is 6.38. The zero-order valence-corrected chi connectivity index (χ0v) is 19.5. The quantitative estimate of drug-likeness (QED) is 0.337. The van der Waals surface area contributed by atoms with Crippen molar-refractivity contribution >= 4 is 24.2 Å². The van der Waals surface area contributed by atoms with Gasteiger partial charge in [0.2, 0.25) is 0 Å². The molecule has 0 unspecified atom stereocenters. The number of nitrogens with zero attached hydrogens (tertiary/aromatic N) is 2. The predicted octanol–water partition coefficient (Wildman–Crippen LogP) is 2.84. The number of rotatable bonds is 10. The fourth-order valence-corrected chi connectivity index (χ4v) is 2.89. The Kier molecular flexibility index (Phi) is 8.43. The van der Waals surface area contributed by atoms with Crippen molar-refractivity contribution in [1.82, 2.24) is 10.9 Å². The third-order valence-electron chi connectivity index (χ3n) is 4.63. The number of methoxy groups -OCH3 is 4. The molecule has 0 saturated carbocycles. The molecule has 0 radical (unpaired) electrons. The zero-order valence-electron chi connectivity index (χ0n) is 19.5. The second kappa shape index (κ2) is 11.9. The molecule has 2 amide bonds. The summed E-state index contributed by atoms with van der Waals surface area (Å²) in [7, 11) is 6.11. The van der Waals surface area contributed by atoms with Gasteiger partial charge in [0.1, 0.15) is 0 Å². The number of carbonyl (C=O) groups is 2. The lowest BCUT2D eigenvalue weighted by Gasteiger charge is -2.07. The molecule has 0 aliphatic heterocycles. The number of ether oxygens (including phenoxy) is 4. The summed E-state index contributed by atoms with van der Waals surface area (Å²) in [6, 6.07) is 13.0. The molecule has 11 heteroatoms. The summed E-state index contributed by atoms with van der Waals surface area (Å²) in [4.78, 5) is 24.5. The maximum absolute atomic E-state index is 12.3. The summed E-state index contributed by atoms with van der Waals surface area (Å²) in [5.74, 6) is 0.749. The van der Waals surface area contributed by atoms with Gasteiger partial charge in [-0.2, -0.15) is 10.2 Å². The second-order valence-electron chi connectivity index (χ2n) is 6.79. The minimum absolute atomic E-state index is 0.0940. The molecule has 0 spiro atoms. The van der Waals surface area contributed by atoms with Crippen molar-refractivity contribution in [3.05, 3.63) is 71.2 Å². The van der Waals surface area contributed by atoms with E-state index >= 15 is 0 Å². The Labute approximate surface area is 201 Å². The lowest BCUT2D eigenvalue weighted by molar-refractivity contribution is 0.0902. The van der Waals surface area contributed by atoms with Crippen LogP contribution < -0.4 is 29.8 Å². The van der Waals surface area contributed by atoms with Gasteiger partial charge in [0.25, 0.3) is 0 Å². The molecule has 2 aromatic carbocycles. The number of hydrazone groups is 2. The third-order valence-corrected chi connectivity index (χ3v) is 4.63. The van der Waals surface area contributed by atoms with Crippen molar-refractivity contribution in [2.24, 2.45) is 10.2 Å². The van der Waals surface area contributed by atoms with E-state index in [0.717, 1.165) is 0 Å². The van der Waals surface area contributed by atoms with Crippen LogP contribution in [0.2, 0.25) is 0 Å². The molecule has 0 aliphatic rings. The molecule has 0 fully saturated rings. The molecule has 1 heterocycles. The summed E-state index contributed by atoms with van der Waals surface area (Å²) in [5, 5.41) is 7.78. The summed E-state index contributed by atoms with van der Waals surface area (Å²) >= 11 is 0. The van der Waals surface area contributed by atoms with Gasteiger partial charge < -0.3 is 23.4 Å². The van der Waals surface area contributed by atoms with Crippen molar-refractivity contribution in [1.29, 1.82) is 0 Å². The Morgan fingerprint density at radius 1 is 0.657 bits per heavy atom. The molecule has 11 nitrogen and oxygen atoms in total. The van der Waals surface area contributed by atoms with Crippen LogP contribution in [0.15, 0.2) is 63.2 Å². The maximum Gasteiger partial charge on any atom is 0.307 e. The van der Waals surface area contributed by atoms with Gasteiger partial charge in [0.05, 0.1) is 40.9 Å². The number of nitrogens with one attached hydrogen (secondary N) is 2. The Balaban J connectivity index is 1.56. The van der Waals surface area contributed by atoms with Crippen LogP contribution >= 0.6 is 0 Å². The number of carbonyl (C=O) groups excluding carboxylic acids is 2. The van der Waals surface area contributed by atoms with Crippen LogP contribution in [-0.2, 0) is 0 Å². The van der Waals surface area contributed by atoms with Crippen LogP contribution in [0, 0.1) is 0 Å². The number of amides is 2. The molecule has 182 valence electrons. The molecular weight excluding hydrogens is 456 g/mol. The molecular formula is C24H24N4O7. The minimum atomic E-state index is -0.630. The smallest absolute Gasteiger partial charge is 0.307 e. The van der Waals surface area contributed by atoms with Crippen LogP contribution in [0.1, 0.15) is 32.2 Å². The normalized spacial score (nSPS) is 10.9. The van der Waals surface area contributed by atoms with Crippen molar-refractivity contribution in [3.63, 3.8) is 0 Å². The Hall–Kier alpha value is -4.80. The van der Waals surface area contributed by atoms with E-state index in [2.05, 4.69) is 21.1 Å². The molecule has 0 aliphatic carbocycles. The highest BCUT2D eigenvalue weighted by atomic mass is 16.5. The van der Waals surface area contributed by atoms with Crippen LogP contribution in [-0.4, -0.2) is 52.7 Å². The molecule has 0 bridgehead atoms. The lowest BCUT2D eigenvalue weighted by atomic mass is 10.2. The van der Waals surface area contributed by atoms with E-state index in [4.69, 9.17) is 23.4 Å². The first-order valence-corrected chi connectivity index (χ1v) is 10.2. The van der Waals surface area contributed by atoms with Gasteiger partial charge in [-0.1, -0.05) is 0 Å². The van der Waals surface area contributed by atoms with Gasteiger partial charge in [-0.15, -0.1) is 0 Å². The maximum atomic E-state index is 12.3. The molecule has 0 saturated heterocycles. The molecule has 3 rings (SSSR count). The fourth-order valence-electron chi connectivity index (χ4n) is 2.89. The van der Waals surface area contributed by atoms with Gasteiger partial charge in [-0.05, 0) is 59.7 Å². The number of hydrogen-bond donors (Lipinski definition) is 2. The Bertz CT molecular complexity index is 1160. The number of hydrogen-bond acceptors (Lipinski definition) is 9. The summed E-state index contributed by atoms with van der Waals surface area (Å²) in [6.45, 7) is 0. The van der Waals surface area contributed by atoms with Crippen molar-refractivity contribution < 1.29 is 33.0 Å². The highest BCUT2D eigenvalue weighted by molar-refractivity contribution is 5.96. The van der Waals surface area contributed by atoms with Gasteiger partial charge in [-0.3, -0.25) is 9.59 Å². The van der Waals surface area contributed by atoms with E-state index in [-0.39, 0.29) is 11.5 Å². The predicted molar refractivity (Wildman–Crippen MR) is 128 cm³/mol. The first kappa shape index (κ1) is 24.8. The highest BCUT2D eigenvalue weighted by Gasteiger charge is 2.15. The van der Waals surface area contributed by atoms with E-state index in [1.807, 2.05) is 0 Å². The zero-order chi connectivity index (χ0) is 25.2. The fraction of sp³-hybridized carbons (Fsp3) is 0.167. The van der Waals surface area contributed by atoms with Crippen molar-refractivity contribution in [3.8, 4) is 23.0 Å². The SMILES string of the molecule is COc1ccc(C=NNC(=O)c2ccc(C(=O)NN=Cc3ccc(OC)c(OC)c3)o2)cc1OC. The minimum Gasteiger partial charge on any atom is -0.493 e. The van der Waals surface area contributed by atoms with Gasteiger partial charge >= 0.3 is 11.8 Å². The monoisotopic (exact) mass is 480 g/mol. The first-order valence-electron chi connectivity index (χ1n) is 10.2. The largest absolute Gasteiger partial charge is 0.493 e. The highest BCUT2D eigenvalue weighted by Crippen LogP contribution is 2.27. The average molecular weight is 480 g/mol. The van der Waals surface area contributed by atoms with Gasteiger partial charge in [0.15, 0.2) is 34.5 Å². The van der Waals surface area contributed by atoms with E-state index in [1.165, 1.54) is 53.0 Å². The van der Waals surface area contributed by atoms with Crippen LogP contribution in [0.5, 0.6) is 23.0 Å². The van der Waals surface area contributed by atoms with Crippen LogP contribution in [0.4, 0.5) is 0 Å². The Morgan fingerprint density at radius 2 is 1.06 bits per heavy atom. The van der Waals surface area contributed by atoms with E-state index in [9.17, 15) is 9.59 Å². The van der Waals surface area contributed by atoms with Crippen molar-refractivity contribution in [2.45, 2.75) is 0 Å². The van der Waals surface area contributed by atoms with E-state index < -0.39 is 11.8 Å². The standard InChI is InChI=1S/C24H24N4O7/c1-31-17-7-5-15(11-21(17)33-3)13-25-27-23(29)19-9-10-20(35-19)24(30)28-26-14-16-6-8-18(32-2)22(12-16)34-4/h5-14H,1-4H3,(H,27,29)(H,28,30). The molecule has 2 N–H and O–H groups in total. The van der Waals surface area contributed by atoms with Crippen LogP contribution in [0.25, 0.3) is 0 Å². The molecule has 0 atom stereocenters. The second-order valence-corrected chi connectivity index (χ2v) is 6.79. The Morgan fingerprint density at radius 3 is 1.43 bits per heavy atom. The number of furan rings is 1. The summed E-state index contributed by atoms with van der Waals surface area (Å²) in [6.07, 6.45) is 2.86. The first-order chi connectivity index (χ1) is 17.0. The summed E-state index contributed by atoms with van der Waals surface area (Å²) in [5.41, 5.74) is 6.02. The summed E-state index contributed by atoms with van der Waals surface area (Å²) < 4.78 is 26.1. The van der Waals surface area contributed by atoms with Gasteiger partial charge in [-0.25, -0.2) is 10.9 Å². The topological polar surface area (TPSA) is 133 Å². The number of benzene rings is 2.